The number of nitrogens with one attached hydrogen (secondary N) is 1. The standard InChI is InChI=1S/C11H15ClN2O2/c1-2-8(15)3-6-14-11(16)9-4-5-13-7-10(9)12/h4-5,7-8,15H,2-3,6H2,1H3,(H,14,16). The molecule has 0 saturated heterocycles. The van der Waals surface area contributed by atoms with Crippen LogP contribution in [-0.4, -0.2) is 28.6 Å². The number of carbonyl (C=O) groups excluding carboxylic acids is 1. The van der Waals surface area contributed by atoms with Gasteiger partial charge in [0.2, 0.25) is 0 Å². The van der Waals surface area contributed by atoms with Crippen LogP contribution < -0.4 is 5.32 Å². The van der Waals surface area contributed by atoms with Gasteiger partial charge < -0.3 is 10.4 Å². The van der Waals surface area contributed by atoms with Crippen molar-refractivity contribution in [3.63, 3.8) is 0 Å². The van der Waals surface area contributed by atoms with Crippen molar-refractivity contribution < 1.29 is 9.90 Å². The largest absolute Gasteiger partial charge is 0.393 e. The van der Waals surface area contributed by atoms with Gasteiger partial charge in [-0.15, -0.1) is 0 Å². The molecular weight excluding hydrogens is 228 g/mol. The smallest absolute Gasteiger partial charge is 0.252 e. The minimum absolute atomic E-state index is 0.240. The third-order valence-corrected chi connectivity index (χ3v) is 2.55. The zero-order chi connectivity index (χ0) is 12.0. The third kappa shape index (κ3) is 3.79. The van der Waals surface area contributed by atoms with Gasteiger partial charge in [-0.3, -0.25) is 9.78 Å². The van der Waals surface area contributed by atoms with Crippen LogP contribution in [0, 0.1) is 0 Å². The van der Waals surface area contributed by atoms with Gasteiger partial charge in [0.05, 0.1) is 16.7 Å². The maximum absolute atomic E-state index is 11.6. The second kappa shape index (κ2) is 6.45. The van der Waals surface area contributed by atoms with Gasteiger partial charge in [0.15, 0.2) is 0 Å². The molecule has 0 aliphatic heterocycles. The number of amides is 1. The molecule has 1 aromatic heterocycles. The van der Waals surface area contributed by atoms with Crippen molar-refractivity contribution >= 4 is 17.5 Å². The van der Waals surface area contributed by atoms with E-state index >= 15 is 0 Å². The number of pyridine rings is 1. The third-order valence-electron chi connectivity index (χ3n) is 2.25. The predicted octanol–water partition coefficient (Wildman–Crippen LogP) is 1.63. The van der Waals surface area contributed by atoms with Gasteiger partial charge in [0.25, 0.3) is 5.91 Å². The molecule has 0 bridgehead atoms. The minimum atomic E-state index is -0.367. The summed E-state index contributed by atoms with van der Waals surface area (Å²) in [6.07, 6.45) is 3.81. The monoisotopic (exact) mass is 242 g/mol. The number of nitrogens with zero attached hydrogens (tertiary/aromatic N) is 1. The molecule has 2 N–H and O–H groups in total. The molecule has 1 aromatic rings. The van der Waals surface area contributed by atoms with Crippen LogP contribution in [0.15, 0.2) is 18.5 Å². The molecule has 1 rings (SSSR count). The number of hydrogen-bond donors (Lipinski definition) is 2. The fourth-order valence-corrected chi connectivity index (χ4v) is 1.42. The normalized spacial score (nSPS) is 12.2. The summed E-state index contributed by atoms with van der Waals surface area (Å²) >= 11 is 5.82. The summed E-state index contributed by atoms with van der Waals surface area (Å²) in [6, 6.07) is 1.56. The van der Waals surface area contributed by atoms with Gasteiger partial charge in [0.1, 0.15) is 0 Å². The molecule has 0 fully saturated rings. The van der Waals surface area contributed by atoms with E-state index in [9.17, 15) is 9.90 Å². The van der Waals surface area contributed by atoms with Crippen LogP contribution in [0.1, 0.15) is 30.1 Å². The Morgan fingerprint density at radius 3 is 3.06 bits per heavy atom. The van der Waals surface area contributed by atoms with E-state index in [1.54, 1.807) is 6.07 Å². The average Bonchev–Trinajstić information content (AvgIpc) is 2.29. The second-order valence-corrected chi connectivity index (χ2v) is 3.87. The SMILES string of the molecule is CCC(O)CCNC(=O)c1ccncc1Cl. The summed E-state index contributed by atoms with van der Waals surface area (Å²) in [5.41, 5.74) is 0.405. The Balaban J connectivity index is 2.44. The Hall–Kier alpha value is -1.13. The van der Waals surface area contributed by atoms with Crippen molar-refractivity contribution in [1.29, 1.82) is 0 Å². The number of rotatable bonds is 5. The first-order valence-electron chi connectivity index (χ1n) is 5.21. The summed E-state index contributed by atoms with van der Waals surface area (Å²) < 4.78 is 0. The van der Waals surface area contributed by atoms with Crippen LogP contribution in [0.25, 0.3) is 0 Å². The van der Waals surface area contributed by atoms with Gasteiger partial charge in [-0.1, -0.05) is 18.5 Å². The number of aliphatic hydroxyl groups is 1. The van der Waals surface area contributed by atoms with E-state index in [0.717, 1.165) is 0 Å². The van der Waals surface area contributed by atoms with Crippen molar-refractivity contribution in [2.24, 2.45) is 0 Å². The number of hydrogen-bond acceptors (Lipinski definition) is 3. The highest BCUT2D eigenvalue weighted by Crippen LogP contribution is 2.12. The van der Waals surface area contributed by atoms with Crippen LogP contribution in [0.4, 0.5) is 0 Å². The maximum atomic E-state index is 11.6. The lowest BCUT2D eigenvalue weighted by molar-refractivity contribution is 0.0942. The minimum Gasteiger partial charge on any atom is -0.393 e. The number of aromatic nitrogens is 1. The van der Waals surface area contributed by atoms with Gasteiger partial charge in [-0.25, -0.2) is 0 Å². The molecule has 0 aliphatic rings. The molecule has 4 nitrogen and oxygen atoms in total. The molecule has 88 valence electrons. The van der Waals surface area contributed by atoms with Crippen molar-refractivity contribution in [3.05, 3.63) is 29.0 Å². The van der Waals surface area contributed by atoms with Crippen molar-refractivity contribution in [3.8, 4) is 0 Å². The molecule has 1 atom stereocenters. The van der Waals surface area contributed by atoms with Crippen LogP contribution in [0.5, 0.6) is 0 Å². The summed E-state index contributed by atoms with van der Waals surface area (Å²) in [6.45, 7) is 2.33. The van der Waals surface area contributed by atoms with Crippen molar-refractivity contribution in [2.45, 2.75) is 25.9 Å². The van der Waals surface area contributed by atoms with E-state index in [1.807, 2.05) is 6.92 Å². The zero-order valence-electron chi connectivity index (χ0n) is 9.11. The molecule has 16 heavy (non-hydrogen) atoms. The van der Waals surface area contributed by atoms with E-state index in [2.05, 4.69) is 10.3 Å². The number of aliphatic hydroxyl groups excluding tert-OH is 1. The van der Waals surface area contributed by atoms with E-state index < -0.39 is 0 Å². The zero-order valence-corrected chi connectivity index (χ0v) is 9.87. The summed E-state index contributed by atoms with van der Waals surface area (Å²) in [5, 5.41) is 12.3. The number of carbonyl (C=O) groups is 1. The van der Waals surface area contributed by atoms with Gasteiger partial charge >= 0.3 is 0 Å². The van der Waals surface area contributed by atoms with Crippen molar-refractivity contribution in [2.75, 3.05) is 6.54 Å². The van der Waals surface area contributed by atoms with Crippen LogP contribution in [0.2, 0.25) is 5.02 Å². The molecule has 5 heteroatoms. The average molecular weight is 243 g/mol. The molecule has 1 unspecified atom stereocenters. The molecular formula is C11H15ClN2O2. The van der Waals surface area contributed by atoms with E-state index in [1.165, 1.54) is 12.4 Å². The quantitative estimate of drug-likeness (QED) is 0.825. The van der Waals surface area contributed by atoms with Crippen LogP contribution >= 0.6 is 11.6 Å². The lowest BCUT2D eigenvalue weighted by Crippen LogP contribution is -2.27. The van der Waals surface area contributed by atoms with Crippen molar-refractivity contribution in [1.82, 2.24) is 10.3 Å². The maximum Gasteiger partial charge on any atom is 0.252 e. The first-order valence-corrected chi connectivity index (χ1v) is 5.58. The Labute approximate surface area is 99.6 Å². The van der Waals surface area contributed by atoms with Crippen LogP contribution in [0.3, 0.4) is 0 Å². The lowest BCUT2D eigenvalue weighted by atomic mass is 10.2. The van der Waals surface area contributed by atoms with Crippen LogP contribution in [-0.2, 0) is 0 Å². The van der Waals surface area contributed by atoms with E-state index in [-0.39, 0.29) is 12.0 Å². The second-order valence-electron chi connectivity index (χ2n) is 3.46. The Kier molecular flexibility index (Phi) is 5.22. The van der Waals surface area contributed by atoms with Gasteiger partial charge in [-0.2, -0.15) is 0 Å². The van der Waals surface area contributed by atoms with Gasteiger partial charge in [-0.05, 0) is 18.9 Å². The molecule has 0 saturated carbocycles. The molecule has 0 aromatic carbocycles. The Morgan fingerprint density at radius 1 is 1.69 bits per heavy atom. The fraction of sp³-hybridized carbons (Fsp3) is 0.455. The van der Waals surface area contributed by atoms with Gasteiger partial charge in [0, 0.05) is 18.9 Å². The molecule has 0 aliphatic carbocycles. The summed E-state index contributed by atoms with van der Waals surface area (Å²) in [7, 11) is 0. The van der Waals surface area contributed by atoms with E-state index in [4.69, 9.17) is 11.6 Å². The Bertz CT molecular complexity index is 358. The topological polar surface area (TPSA) is 62.2 Å². The summed E-state index contributed by atoms with van der Waals surface area (Å²) in [4.78, 5) is 15.4. The lowest BCUT2D eigenvalue weighted by Gasteiger charge is -2.09. The molecule has 1 amide bonds. The van der Waals surface area contributed by atoms with E-state index in [0.29, 0.717) is 30.0 Å². The molecule has 1 heterocycles. The number of halogens is 1. The molecule has 0 radical (unpaired) electrons. The highest BCUT2D eigenvalue weighted by Gasteiger charge is 2.09. The molecule has 0 spiro atoms. The predicted molar refractivity (Wildman–Crippen MR) is 62.5 cm³/mol. The Morgan fingerprint density at radius 2 is 2.44 bits per heavy atom. The first-order chi connectivity index (χ1) is 7.65. The first kappa shape index (κ1) is 12.9. The highest BCUT2D eigenvalue weighted by molar-refractivity contribution is 6.33. The summed E-state index contributed by atoms with van der Waals surface area (Å²) in [5.74, 6) is -0.240. The highest BCUT2D eigenvalue weighted by atomic mass is 35.5. The fourth-order valence-electron chi connectivity index (χ4n) is 1.21.